The first-order valence-corrected chi connectivity index (χ1v) is 5.67. The van der Waals surface area contributed by atoms with Gasteiger partial charge in [-0.25, -0.2) is 9.97 Å². The van der Waals surface area contributed by atoms with Crippen LogP contribution in [0.3, 0.4) is 0 Å². The Morgan fingerprint density at radius 2 is 2.12 bits per heavy atom. The van der Waals surface area contributed by atoms with Crippen LogP contribution >= 0.6 is 0 Å². The molecule has 0 bridgehead atoms. The first-order chi connectivity index (χ1) is 8.22. The normalized spacial score (nSPS) is 10.5. The van der Waals surface area contributed by atoms with Crippen LogP contribution in [0.1, 0.15) is 24.6 Å². The number of rotatable bonds is 4. The number of hydrogen-bond acceptors (Lipinski definition) is 5. The van der Waals surface area contributed by atoms with Gasteiger partial charge < -0.3 is 5.32 Å². The summed E-state index contributed by atoms with van der Waals surface area (Å²) in [4.78, 5) is 8.88. The van der Waals surface area contributed by atoms with Gasteiger partial charge in [-0.1, -0.05) is 6.92 Å². The van der Waals surface area contributed by atoms with E-state index in [2.05, 4.69) is 37.6 Å². The van der Waals surface area contributed by atoms with Crippen molar-refractivity contribution in [3.8, 4) is 11.5 Å². The molecule has 0 saturated carbocycles. The van der Waals surface area contributed by atoms with Crippen LogP contribution in [0, 0.1) is 13.8 Å². The minimum Gasteiger partial charge on any atom is -0.370 e. The first kappa shape index (κ1) is 11.5. The second-order valence-corrected chi connectivity index (χ2v) is 3.89. The average molecular weight is 232 g/mol. The topological polar surface area (TPSA) is 79.4 Å². The van der Waals surface area contributed by atoms with Crippen molar-refractivity contribution < 1.29 is 0 Å². The lowest BCUT2D eigenvalue weighted by Crippen LogP contribution is -2.07. The molecule has 0 spiro atoms. The number of nitrogens with zero attached hydrogens (tertiary/aromatic N) is 4. The van der Waals surface area contributed by atoms with Gasteiger partial charge in [-0.3, -0.25) is 0 Å². The highest BCUT2D eigenvalue weighted by atomic mass is 15.3. The molecule has 2 aromatic rings. The van der Waals surface area contributed by atoms with Crippen molar-refractivity contribution in [2.24, 2.45) is 0 Å². The minimum absolute atomic E-state index is 0.598. The van der Waals surface area contributed by atoms with Gasteiger partial charge in [0.2, 0.25) is 0 Å². The Kier molecular flexibility index (Phi) is 3.32. The highest BCUT2D eigenvalue weighted by Crippen LogP contribution is 2.19. The zero-order valence-corrected chi connectivity index (χ0v) is 10.3. The van der Waals surface area contributed by atoms with Crippen LogP contribution in [0.5, 0.6) is 0 Å². The molecule has 0 aliphatic rings. The van der Waals surface area contributed by atoms with Crippen molar-refractivity contribution in [3.05, 3.63) is 17.5 Å². The molecule has 0 radical (unpaired) electrons. The summed E-state index contributed by atoms with van der Waals surface area (Å²) in [5, 5.41) is 13.6. The van der Waals surface area contributed by atoms with E-state index >= 15 is 0 Å². The maximum atomic E-state index is 4.47. The third-order valence-electron chi connectivity index (χ3n) is 2.58. The molecule has 0 atom stereocenters. The van der Waals surface area contributed by atoms with Crippen molar-refractivity contribution in [3.63, 3.8) is 0 Å². The van der Waals surface area contributed by atoms with Gasteiger partial charge in [0, 0.05) is 17.8 Å². The molecule has 2 aromatic heterocycles. The van der Waals surface area contributed by atoms with Gasteiger partial charge in [-0.2, -0.15) is 15.4 Å². The van der Waals surface area contributed by atoms with Crippen LogP contribution in [0.15, 0.2) is 6.20 Å². The van der Waals surface area contributed by atoms with Gasteiger partial charge in [0.05, 0.1) is 6.20 Å². The molecule has 90 valence electrons. The lowest BCUT2D eigenvalue weighted by molar-refractivity contribution is 0.932. The summed E-state index contributed by atoms with van der Waals surface area (Å²) < 4.78 is 0. The van der Waals surface area contributed by atoms with Crippen LogP contribution in [0.2, 0.25) is 0 Å². The van der Waals surface area contributed by atoms with E-state index in [0.29, 0.717) is 11.5 Å². The summed E-state index contributed by atoms with van der Waals surface area (Å²) in [6.07, 6.45) is 2.68. The zero-order chi connectivity index (χ0) is 12.3. The van der Waals surface area contributed by atoms with E-state index in [1.807, 2.05) is 13.8 Å². The smallest absolute Gasteiger partial charge is 0.183 e. The van der Waals surface area contributed by atoms with E-state index in [9.17, 15) is 0 Å². The van der Waals surface area contributed by atoms with Crippen LogP contribution in [-0.2, 0) is 0 Å². The lowest BCUT2D eigenvalue weighted by atomic mass is 10.2. The van der Waals surface area contributed by atoms with Crippen LogP contribution in [0.4, 0.5) is 5.82 Å². The second kappa shape index (κ2) is 4.90. The van der Waals surface area contributed by atoms with Crippen LogP contribution in [0.25, 0.3) is 11.5 Å². The van der Waals surface area contributed by atoms with E-state index in [1.54, 1.807) is 6.20 Å². The van der Waals surface area contributed by atoms with Gasteiger partial charge in [-0.05, 0) is 20.3 Å². The summed E-state index contributed by atoms with van der Waals surface area (Å²) in [5.41, 5.74) is 2.69. The molecule has 2 rings (SSSR count). The summed E-state index contributed by atoms with van der Waals surface area (Å²) in [6.45, 7) is 7.00. The molecule has 0 aromatic carbocycles. The third-order valence-corrected chi connectivity index (χ3v) is 2.58. The third kappa shape index (κ3) is 2.41. The fraction of sp³-hybridized carbons (Fsp3) is 0.455. The zero-order valence-electron chi connectivity index (χ0n) is 10.3. The summed E-state index contributed by atoms with van der Waals surface area (Å²) in [6, 6.07) is 0. The molecule has 6 nitrogen and oxygen atoms in total. The van der Waals surface area contributed by atoms with Crippen molar-refractivity contribution in [1.82, 2.24) is 25.4 Å². The first-order valence-electron chi connectivity index (χ1n) is 5.67. The van der Waals surface area contributed by atoms with Crippen LogP contribution < -0.4 is 5.32 Å². The number of aryl methyl sites for hydroxylation is 1. The molecule has 0 aliphatic carbocycles. The predicted octanol–water partition coefficient (Wildman–Crippen LogP) is 1.70. The van der Waals surface area contributed by atoms with Crippen molar-refractivity contribution in [2.75, 3.05) is 11.9 Å². The van der Waals surface area contributed by atoms with E-state index in [4.69, 9.17) is 0 Å². The Hall–Kier alpha value is -1.98. The molecule has 0 saturated heterocycles. The Labute approximate surface area is 99.9 Å². The quantitative estimate of drug-likeness (QED) is 0.838. The van der Waals surface area contributed by atoms with Crippen molar-refractivity contribution in [1.29, 1.82) is 0 Å². The fourth-order valence-electron chi connectivity index (χ4n) is 1.47. The maximum absolute atomic E-state index is 4.47. The average Bonchev–Trinajstić information content (AvgIpc) is 2.84. The highest BCUT2D eigenvalue weighted by Gasteiger charge is 2.10. The Bertz CT molecular complexity index is 491. The Morgan fingerprint density at radius 3 is 2.76 bits per heavy atom. The molecular formula is C11H16N6. The van der Waals surface area contributed by atoms with Crippen molar-refractivity contribution >= 4 is 5.82 Å². The van der Waals surface area contributed by atoms with E-state index in [-0.39, 0.29) is 0 Å². The number of nitrogens with one attached hydrogen (secondary N) is 2. The number of aromatic amines is 1. The SMILES string of the molecule is CCCNc1nc(-c2cn[nH]n2)nc(C)c1C. The molecule has 0 unspecified atom stereocenters. The lowest BCUT2D eigenvalue weighted by Gasteiger charge is -2.10. The number of aromatic nitrogens is 5. The van der Waals surface area contributed by atoms with E-state index < -0.39 is 0 Å². The summed E-state index contributed by atoms with van der Waals surface area (Å²) >= 11 is 0. The molecule has 2 N–H and O–H groups in total. The maximum Gasteiger partial charge on any atom is 0.183 e. The Balaban J connectivity index is 2.39. The van der Waals surface area contributed by atoms with Gasteiger partial charge >= 0.3 is 0 Å². The molecule has 17 heavy (non-hydrogen) atoms. The monoisotopic (exact) mass is 232 g/mol. The van der Waals surface area contributed by atoms with E-state index in [1.165, 1.54) is 0 Å². The fourth-order valence-corrected chi connectivity index (χ4v) is 1.47. The summed E-state index contributed by atoms with van der Waals surface area (Å²) in [5.74, 6) is 1.47. The molecule has 0 fully saturated rings. The van der Waals surface area contributed by atoms with E-state index in [0.717, 1.165) is 30.0 Å². The van der Waals surface area contributed by atoms with Gasteiger partial charge in [-0.15, -0.1) is 0 Å². The minimum atomic E-state index is 0.598. The van der Waals surface area contributed by atoms with Gasteiger partial charge in [0.25, 0.3) is 0 Å². The van der Waals surface area contributed by atoms with Crippen LogP contribution in [-0.4, -0.2) is 31.9 Å². The number of anilines is 1. The van der Waals surface area contributed by atoms with Crippen molar-refractivity contribution in [2.45, 2.75) is 27.2 Å². The Morgan fingerprint density at radius 1 is 1.29 bits per heavy atom. The number of hydrogen-bond donors (Lipinski definition) is 2. The van der Waals surface area contributed by atoms with Gasteiger partial charge in [0.15, 0.2) is 5.82 Å². The predicted molar refractivity (Wildman–Crippen MR) is 65.7 cm³/mol. The number of H-pyrrole nitrogens is 1. The molecular weight excluding hydrogens is 216 g/mol. The molecule has 0 amide bonds. The second-order valence-electron chi connectivity index (χ2n) is 3.89. The molecule has 2 heterocycles. The largest absolute Gasteiger partial charge is 0.370 e. The molecule has 6 heteroatoms. The highest BCUT2D eigenvalue weighted by molar-refractivity contribution is 5.55. The summed E-state index contributed by atoms with van der Waals surface area (Å²) in [7, 11) is 0. The standard InChI is InChI=1S/C11H16N6/c1-4-5-12-10-7(2)8(3)14-11(15-10)9-6-13-17-16-9/h6H,4-5H2,1-3H3,(H,12,14,15)(H,13,16,17). The van der Waals surface area contributed by atoms with Gasteiger partial charge in [0.1, 0.15) is 11.5 Å². The molecule has 0 aliphatic heterocycles.